The average molecular weight is 394 g/mol. The second kappa shape index (κ2) is 10.5. The van der Waals surface area contributed by atoms with Crippen LogP contribution in [0, 0.1) is 11.3 Å². The summed E-state index contributed by atoms with van der Waals surface area (Å²) in [7, 11) is 1.54. The molecule has 0 aromatic heterocycles. The number of ether oxygens (including phenoxy) is 3. The van der Waals surface area contributed by atoms with Crippen LogP contribution in [0.15, 0.2) is 48.5 Å². The largest absolute Gasteiger partial charge is 0.493 e. The molecule has 2 aromatic rings. The number of esters is 1. The molecule has 0 unspecified atom stereocenters. The first-order valence-corrected chi connectivity index (χ1v) is 8.91. The molecular weight excluding hydrogens is 372 g/mol. The van der Waals surface area contributed by atoms with Gasteiger partial charge in [-0.3, -0.25) is 4.79 Å². The Morgan fingerprint density at radius 3 is 2.66 bits per heavy atom. The Kier molecular flexibility index (Phi) is 7.80. The summed E-state index contributed by atoms with van der Waals surface area (Å²) in [6.07, 6.45) is 2.79. The lowest BCUT2D eigenvalue weighted by Gasteiger charge is -2.13. The molecule has 7 heteroatoms. The van der Waals surface area contributed by atoms with Crippen LogP contribution >= 0.6 is 0 Å². The van der Waals surface area contributed by atoms with Gasteiger partial charge in [-0.2, -0.15) is 5.26 Å². The van der Waals surface area contributed by atoms with Crippen molar-refractivity contribution in [3.8, 4) is 17.6 Å². The number of hydrogen-bond donors (Lipinski definition) is 1. The van der Waals surface area contributed by atoms with Crippen molar-refractivity contribution in [3.05, 3.63) is 59.7 Å². The van der Waals surface area contributed by atoms with Crippen LogP contribution in [0.5, 0.6) is 11.5 Å². The van der Waals surface area contributed by atoms with Gasteiger partial charge >= 0.3 is 5.97 Å². The molecule has 0 fully saturated rings. The van der Waals surface area contributed by atoms with E-state index in [0.29, 0.717) is 28.3 Å². The molecule has 0 radical (unpaired) electrons. The van der Waals surface area contributed by atoms with Gasteiger partial charge in [0.2, 0.25) is 0 Å². The van der Waals surface area contributed by atoms with Crippen LogP contribution in [0.2, 0.25) is 0 Å². The summed E-state index contributed by atoms with van der Waals surface area (Å²) in [5, 5.41) is 11.4. The number of nitriles is 1. The summed E-state index contributed by atoms with van der Waals surface area (Å²) >= 11 is 0. The summed E-state index contributed by atoms with van der Waals surface area (Å²) in [4.78, 5) is 23.7. The number of rotatable bonds is 8. The number of hydrogen-bond acceptors (Lipinski definition) is 6. The summed E-state index contributed by atoms with van der Waals surface area (Å²) in [5.41, 5.74) is 1.59. The van der Waals surface area contributed by atoms with Crippen LogP contribution in [0.25, 0.3) is 6.08 Å². The van der Waals surface area contributed by atoms with Gasteiger partial charge in [-0.25, -0.2) is 4.79 Å². The van der Waals surface area contributed by atoms with Gasteiger partial charge < -0.3 is 19.5 Å². The Hall–Kier alpha value is -3.79. The van der Waals surface area contributed by atoms with Gasteiger partial charge in [-0.1, -0.05) is 12.1 Å². The topological polar surface area (TPSA) is 97.6 Å². The fraction of sp³-hybridized carbons (Fsp3) is 0.227. The summed E-state index contributed by atoms with van der Waals surface area (Å²) in [6, 6.07) is 13.7. The van der Waals surface area contributed by atoms with Crippen LogP contribution in [-0.2, 0) is 14.3 Å². The molecule has 0 heterocycles. The number of benzene rings is 2. The highest BCUT2D eigenvalue weighted by Gasteiger charge is 2.08. The monoisotopic (exact) mass is 394 g/mol. The van der Waals surface area contributed by atoms with Crippen molar-refractivity contribution in [1.82, 2.24) is 0 Å². The fourth-order valence-electron chi connectivity index (χ4n) is 2.35. The van der Waals surface area contributed by atoms with E-state index in [4.69, 9.17) is 19.5 Å². The van der Waals surface area contributed by atoms with Gasteiger partial charge in [0.1, 0.15) is 0 Å². The number of carbonyl (C=O) groups excluding carboxylic acids is 2. The molecule has 1 amide bonds. The lowest BCUT2D eigenvalue weighted by Crippen LogP contribution is -2.20. The first kappa shape index (κ1) is 21.5. The molecule has 2 rings (SSSR count). The van der Waals surface area contributed by atoms with Crippen molar-refractivity contribution in [1.29, 1.82) is 5.26 Å². The third-order valence-corrected chi connectivity index (χ3v) is 3.58. The predicted octanol–water partition coefficient (Wildman–Crippen LogP) is 3.55. The maximum Gasteiger partial charge on any atom is 0.331 e. The maximum atomic E-state index is 11.9. The van der Waals surface area contributed by atoms with Gasteiger partial charge in [0.25, 0.3) is 5.91 Å². The van der Waals surface area contributed by atoms with Gasteiger partial charge in [-0.05, 0) is 55.8 Å². The second-order valence-electron chi connectivity index (χ2n) is 6.26. The number of methoxy groups -OCH3 is 1. The summed E-state index contributed by atoms with van der Waals surface area (Å²) < 4.78 is 15.9. The van der Waals surface area contributed by atoms with Crippen molar-refractivity contribution in [2.45, 2.75) is 20.0 Å². The molecular formula is C22H22N2O5. The molecule has 1 N–H and O–H groups in total. The highest BCUT2D eigenvalue weighted by Crippen LogP contribution is 2.29. The predicted molar refractivity (Wildman–Crippen MR) is 109 cm³/mol. The molecule has 150 valence electrons. The van der Waals surface area contributed by atoms with Crippen LogP contribution in [0.3, 0.4) is 0 Å². The molecule has 0 aliphatic heterocycles. The first-order valence-electron chi connectivity index (χ1n) is 8.91. The lowest BCUT2D eigenvalue weighted by atomic mass is 10.2. The van der Waals surface area contributed by atoms with Crippen LogP contribution < -0.4 is 14.8 Å². The number of amides is 1. The van der Waals surface area contributed by atoms with Gasteiger partial charge in [0, 0.05) is 11.8 Å². The molecule has 7 nitrogen and oxygen atoms in total. The summed E-state index contributed by atoms with van der Waals surface area (Å²) in [6.45, 7) is 3.39. The minimum absolute atomic E-state index is 0.00814. The quantitative estimate of drug-likeness (QED) is 0.543. The normalized spacial score (nSPS) is 10.4. The van der Waals surface area contributed by atoms with Crippen molar-refractivity contribution < 1.29 is 23.8 Å². The number of carbonyl (C=O) groups is 2. The molecule has 0 aliphatic carbocycles. The minimum Gasteiger partial charge on any atom is -0.493 e. The SMILES string of the molecule is COc1cc(/C=C/C(=O)OCC(=O)Nc2cccc(C#N)c2)ccc1OC(C)C. The van der Waals surface area contributed by atoms with E-state index < -0.39 is 18.5 Å². The van der Waals surface area contributed by atoms with E-state index in [1.54, 1.807) is 42.5 Å². The lowest BCUT2D eigenvalue weighted by molar-refractivity contribution is -0.142. The number of nitrogens with zero attached hydrogens (tertiary/aromatic N) is 1. The first-order chi connectivity index (χ1) is 13.9. The molecule has 0 bridgehead atoms. The zero-order valence-electron chi connectivity index (χ0n) is 16.5. The Labute approximate surface area is 169 Å². The maximum absolute atomic E-state index is 11.9. The number of nitrogens with one attached hydrogen (secondary N) is 1. The van der Waals surface area contributed by atoms with E-state index in [1.165, 1.54) is 19.3 Å². The minimum atomic E-state index is -0.660. The Balaban J connectivity index is 1.89. The van der Waals surface area contributed by atoms with Crippen molar-refractivity contribution in [3.63, 3.8) is 0 Å². The van der Waals surface area contributed by atoms with E-state index in [-0.39, 0.29) is 6.10 Å². The van der Waals surface area contributed by atoms with Crippen LogP contribution in [0.1, 0.15) is 25.0 Å². The molecule has 0 aliphatic rings. The van der Waals surface area contributed by atoms with Crippen molar-refractivity contribution in [2.24, 2.45) is 0 Å². The standard InChI is InChI=1S/C22H22N2O5/c1-15(2)29-19-9-7-16(12-20(19)27-3)8-10-22(26)28-14-21(25)24-18-6-4-5-17(11-18)13-23/h4-12,15H,14H2,1-3H3,(H,24,25)/b10-8+. The van der Waals surface area contributed by atoms with Gasteiger partial charge in [0.15, 0.2) is 18.1 Å². The zero-order valence-corrected chi connectivity index (χ0v) is 16.5. The third kappa shape index (κ3) is 7.03. The van der Waals surface area contributed by atoms with Gasteiger partial charge in [-0.15, -0.1) is 0 Å². The third-order valence-electron chi connectivity index (χ3n) is 3.58. The molecule has 29 heavy (non-hydrogen) atoms. The Morgan fingerprint density at radius 2 is 1.97 bits per heavy atom. The van der Waals surface area contributed by atoms with Crippen LogP contribution in [-0.4, -0.2) is 31.7 Å². The van der Waals surface area contributed by atoms with Crippen molar-refractivity contribution in [2.75, 3.05) is 19.0 Å². The number of anilines is 1. The van der Waals surface area contributed by atoms with E-state index in [1.807, 2.05) is 19.9 Å². The van der Waals surface area contributed by atoms with E-state index in [9.17, 15) is 9.59 Å². The average Bonchev–Trinajstić information content (AvgIpc) is 2.71. The molecule has 0 saturated carbocycles. The van der Waals surface area contributed by atoms with E-state index in [2.05, 4.69) is 5.32 Å². The van der Waals surface area contributed by atoms with Gasteiger partial charge in [0.05, 0.1) is 24.8 Å². The Bertz CT molecular complexity index is 944. The zero-order chi connectivity index (χ0) is 21.2. The molecule has 0 saturated heterocycles. The molecule has 0 atom stereocenters. The fourth-order valence-corrected chi connectivity index (χ4v) is 2.35. The molecule has 2 aromatic carbocycles. The smallest absolute Gasteiger partial charge is 0.331 e. The second-order valence-corrected chi connectivity index (χ2v) is 6.26. The van der Waals surface area contributed by atoms with E-state index in [0.717, 1.165) is 0 Å². The Morgan fingerprint density at radius 1 is 1.17 bits per heavy atom. The highest BCUT2D eigenvalue weighted by molar-refractivity contribution is 5.94. The van der Waals surface area contributed by atoms with Crippen molar-refractivity contribution >= 4 is 23.6 Å². The highest BCUT2D eigenvalue weighted by atomic mass is 16.5. The molecule has 0 spiro atoms. The summed E-state index contributed by atoms with van der Waals surface area (Å²) in [5.74, 6) is -0.00125. The van der Waals surface area contributed by atoms with E-state index >= 15 is 0 Å². The van der Waals surface area contributed by atoms with Crippen LogP contribution in [0.4, 0.5) is 5.69 Å².